The molecule has 1 amide bonds. The standard InChI is InChI=1S/C22H23ClF2N6O2.3ClH/c23-16-5-4-14(6-7-26)15(11-16)12-29-18(32)13-31-10-9-28-22(33)21(31)30-19(20(24)25)17-3-1-2-8-27-17;;;/h1-5,8-11,19-20H,6-7,12-13,26H2,(H2,28,29,32,33);3*1H. The lowest BCUT2D eigenvalue weighted by Crippen LogP contribution is -3.00. The van der Waals surface area contributed by atoms with Gasteiger partial charge in [0.2, 0.25) is 11.7 Å². The number of nitrogens with one attached hydrogen (secondary N) is 4. The van der Waals surface area contributed by atoms with Gasteiger partial charge in [0, 0.05) is 29.9 Å². The molecule has 6 N–H and O–H groups in total. The highest BCUT2D eigenvalue weighted by Crippen LogP contribution is 2.20. The molecule has 0 aliphatic carbocycles. The van der Waals surface area contributed by atoms with E-state index < -0.39 is 23.9 Å². The largest absolute Gasteiger partial charge is 1.00 e. The molecule has 0 spiro atoms. The topological polar surface area (TPSA) is 118 Å². The van der Waals surface area contributed by atoms with Crippen LogP contribution in [0.25, 0.3) is 0 Å². The van der Waals surface area contributed by atoms with Crippen LogP contribution in [0.3, 0.4) is 0 Å². The van der Waals surface area contributed by atoms with Crippen LogP contribution in [0.15, 0.2) is 59.8 Å². The van der Waals surface area contributed by atoms with Gasteiger partial charge in [-0.25, -0.2) is 18.3 Å². The zero-order valence-corrected chi connectivity index (χ0v) is 21.9. The lowest BCUT2D eigenvalue weighted by atomic mass is 10.0. The van der Waals surface area contributed by atoms with Crippen molar-refractivity contribution in [2.75, 3.05) is 11.9 Å². The van der Waals surface area contributed by atoms with E-state index in [1.807, 2.05) is 6.07 Å². The van der Waals surface area contributed by atoms with Gasteiger partial charge in [-0.15, -0.1) is 12.4 Å². The van der Waals surface area contributed by atoms with Crippen molar-refractivity contribution in [2.24, 2.45) is 5.73 Å². The Labute approximate surface area is 230 Å². The van der Waals surface area contributed by atoms with Crippen LogP contribution in [0.4, 0.5) is 14.6 Å². The average molecular weight is 586 g/mol. The fraction of sp³-hybridized carbons (Fsp3) is 0.273. The molecule has 0 saturated heterocycles. The van der Waals surface area contributed by atoms with E-state index >= 15 is 0 Å². The summed E-state index contributed by atoms with van der Waals surface area (Å²) in [5.74, 6) is -0.575. The fourth-order valence-corrected chi connectivity index (χ4v) is 3.54. The van der Waals surface area contributed by atoms with Crippen LogP contribution in [-0.2, 0) is 24.3 Å². The van der Waals surface area contributed by atoms with Crippen LogP contribution in [0, 0.1) is 0 Å². The molecule has 3 rings (SSSR count). The monoisotopic (exact) mass is 584 g/mol. The first kappa shape index (κ1) is 33.5. The number of nitrogens with zero attached hydrogens (tertiary/aromatic N) is 1. The van der Waals surface area contributed by atoms with Crippen LogP contribution < -0.4 is 56.3 Å². The highest BCUT2D eigenvalue weighted by molar-refractivity contribution is 6.30. The molecule has 8 nitrogen and oxygen atoms in total. The minimum absolute atomic E-state index is 0. The summed E-state index contributed by atoms with van der Waals surface area (Å²) in [5, 5.41) is 5.88. The molecule has 0 fully saturated rings. The molecule has 3 aromatic rings. The van der Waals surface area contributed by atoms with E-state index in [4.69, 9.17) is 17.3 Å². The number of benzene rings is 1. The van der Waals surface area contributed by atoms with Gasteiger partial charge in [-0.05, 0) is 42.3 Å². The first-order valence-corrected chi connectivity index (χ1v) is 10.6. The zero-order chi connectivity index (χ0) is 23.8. The maximum atomic E-state index is 13.7. The number of carbonyl (C=O) groups is 1. The third-order valence-electron chi connectivity index (χ3n) is 4.96. The van der Waals surface area contributed by atoms with Crippen molar-refractivity contribution in [3.8, 4) is 0 Å². The lowest BCUT2D eigenvalue weighted by molar-refractivity contribution is -0.671. The summed E-state index contributed by atoms with van der Waals surface area (Å²) in [7, 11) is 0. The van der Waals surface area contributed by atoms with Crippen LogP contribution in [-0.4, -0.2) is 23.9 Å². The van der Waals surface area contributed by atoms with E-state index in [-0.39, 0.29) is 61.8 Å². The number of hydrogen-bond acceptors (Lipinski definition) is 4. The number of halogens is 6. The molecule has 0 aliphatic rings. The number of anilines is 1. The molecule has 0 bridgehead atoms. The van der Waals surface area contributed by atoms with Crippen molar-refractivity contribution in [3.63, 3.8) is 0 Å². The number of aromatic amines is 2. The number of carbonyl (C=O) groups excluding carboxylic acids is 1. The zero-order valence-electron chi connectivity index (χ0n) is 18.8. The van der Waals surface area contributed by atoms with E-state index in [1.54, 1.807) is 24.3 Å². The second-order valence-electron chi connectivity index (χ2n) is 7.27. The molecule has 1 aromatic carbocycles. The van der Waals surface area contributed by atoms with Crippen molar-refractivity contribution in [3.05, 3.63) is 87.2 Å². The van der Waals surface area contributed by atoms with Gasteiger partial charge < -0.3 is 40.8 Å². The Morgan fingerprint density at radius 1 is 1.19 bits per heavy atom. The normalized spacial score (nSPS) is 10.9. The van der Waals surface area contributed by atoms with Gasteiger partial charge in [-0.3, -0.25) is 14.9 Å². The Morgan fingerprint density at radius 2 is 1.94 bits per heavy atom. The predicted molar refractivity (Wildman–Crippen MR) is 126 cm³/mol. The van der Waals surface area contributed by atoms with Gasteiger partial charge in [0.05, 0.1) is 0 Å². The first-order valence-electron chi connectivity index (χ1n) is 10.3. The van der Waals surface area contributed by atoms with E-state index in [0.717, 1.165) is 11.1 Å². The van der Waals surface area contributed by atoms with E-state index in [1.165, 1.54) is 29.2 Å². The molecule has 0 aliphatic heterocycles. The molecule has 198 valence electrons. The number of nitrogens with two attached hydrogens (primary N) is 1. The SMILES string of the molecule is Cl.NCCc1ccc(Cl)cc1CNC(=O)C[n+]1cc[nH]c(=O)c1NC(c1cccc[nH+]1)C(F)F.[Cl-].[Cl-]. The molecule has 14 heteroatoms. The van der Waals surface area contributed by atoms with Crippen LogP contribution in [0.1, 0.15) is 22.9 Å². The third-order valence-corrected chi connectivity index (χ3v) is 5.19. The Bertz CT molecular complexity index is 1150. The molecular weight excluding hydrogens is 560 g/mol. The maximum absolute atomic E-state index is 13.7. The number of rotatable bonds is 10. The van der Waals surface area contributed by atoms with Gasteiger partial charge in [0.15, 0.2) is 12.7 Å². The molecule has 2 aromatic heterocycles. The first-order chi connectivity index (χ1) is 15.9. The summed E-state index contributed by atoms with van der Waals surface area (Å²) >= 11 is 6.07. The molecule has 1 unspecified atom stereocenters. The van der Waals surface area contributed by atoms with E-state index in [9.17, 15) is 18.4 Å². The van der Waals surface area contributed by atoms with Crippen molar-refractivity contribution in [1.29, 1.82) is 0 Å². The Balaban J connectivity index is 0.00000408. The molecule has 0 radical (unpaired) electrons. The summed E-state index contributed by atoms with van der Waals surface area (Å²) < 4.78 is 28.8. The van der Waals surface area contributed by atoms with Gasteiger partial charge in [-0.1, -0.05) is 17.7 Å². The van der Waals surface area contributed by atoms with Crippen LogP contribution >= 0.6 is 24.0 Å². The highest BCUT2D eigenvalue weighted by atomic mass is 35.5. The summed E-state index contributed by atoms with van der Waals surface area (Å²) in [6, 6.07) is 8.64. The minimum Gasteiger partial charge on any atom is -1.00 e. The Kier molecular flexibility index (Phi) is 15.2. The number of H-pyrrole nitrogens is 2. The van der Waals surface area contributed by atoms with Crippen molar-refractivity contribution in [1.82, 2.24) is 10.3 Å². The fourth-order valence-electron chi connectivity index (χ4n) is 3.34. The van der Waals surface area contributed by atoms with Crippen molar-refractivity contribution in [2.45, 2.75) is 32.0 Å². The predicted octanol–water partition coefficient (Wildman–Crippen LogP) is -4.20. The van der Waals surface area contributed by atoms with Crippen LogP contribution in [0.2, 0.25) is 5.02 Å². The number of amides is 1. The highest BCUT2D eigenvalue weighted by Gasteiger charge is 2.34. The number of hydrogen-bond donors (Lipinski definition) is 4. The number of aromatic nitrogens is 3. The Morgan fingerprint density at radius 3 is 2.58 bits per heavy atom. The second kappa shape index (κ2) is 16.3. The quantitative estimate of drug-likeness (QED) is 0.180. The van der Waals surface area contributed by atoms with Crippen molar-refractivity contribution >= 4 is 35.7 Å². The van der Waals surface area contributed by atoms with Gasteiger partial charge in [0.1, 0.15) is 6.20 Å². The summed E-state index contributed by atoms with van der Waals surface area (Å²) in [5.41, 5.74) is 6.99. The lowest BCUT2D eigenvalue weighted by Gasteiger charge is -2.13. The molecule has 2 heterocycles. The van der Waals surface area contributed by atoms with Gasteiger partial charge in [-0.2, -0.15) is 0 Å². The molecular formula is C22H26Cl4F2N6O2. The average Bonchev–Trinajstić information content (AvgIpc) is 2.79. The van der Waals surface area contributed by atoms with E-state index in [0.29, 0.717) is 18.0 Å². The van der Waals surface area contributed by atoms with Gasteiger partial charge in [0.25, 0.3) is 12.3 Å². The van der Waals surface area contributed by atoms with Crippen LogP contribution in [0.5, 0.6) is 0 Å². The summed E-state index contributed by atoms with van der Waals surface area (Å²) in [4.78, 5) is 30.2. The van der Waals surface area contributed by atoms with E-state index in [2.05, 4.69) is 20.6 Å². The Hall–Kier alpha value is -2.50. The summed E-state index contributed by atoms with van der Waals surface area (Å²) in [6.45, 7) is 0.401. The molecule has 0 saturated carbocycles. The van der Waals surface area contributed by atoms with Crippen molar-refractivity contribution < 1.29 is 47.9 Å². The third kappa shape index (κ3) is 9.18. The molecule has 1 atom stereocenters. The summed E-state index contributed by atoms with van der Waals surface area (Å²) in [6.07, 6.45) is 2.10. The number of alkyl halides is 2. The number of pyridine rings is 1. The van der Waals surface area contributed by atoms with Gasteiger partial charge >= 0.3 is 11.4 Å². The minimum atomic E-state index is -2.81. The second-order valence-corrected chi connectivity index (χ2v) is 7.70. The molecule has 36 heavy (non-hydrogen) atoms. The maximum Gasteiger partial charge on any atom is 0.342 e. The smallest absolute Gasteiger partial charge is 0.342 e.